The average molecular weight is 230 g/mol. The number of amides is 1. The van der Waals surface area contributed by atoms with Crippen molar-refractivity contribution < 1.29 is 14.3 Å². The molecule has 1 amide bonds. The summed E-state index contributed by atoms with van der Waals surface area (Å²) < 4.78 is 4.73. The highest BCUT2D eigenvalue weighted by Crippen LogP contribution is 2.04. The third-order valence-electron chi connectivity index (χ3n) is 2.49. The first-order valence-corrected chi connectivity index (χ1v) is 5.71. The third kappa shape index (κ3) is 5.70. The summed E-state index contributed by atoms with van der Waals surface area (Å²) in [6.45, 7) is 6.29. The monoisotopic (exact) mass is 230 g/mol. The van der Waals surface area contributed by atoms with Gasteiger partial charge in [0.05, 0.1) is 19.1 Å². The topological polar surface area (TPSA) is 81.4 Å². The van der Waals surface area contributed by atoms with E-state index >= 15 is 0 Å². The summed E-state index contributed by atoms with van der Waals surface area (Å²) in [6, 6.07) is -0.507. The fourth-order valence-corrected chi connectivity index (χ4v) is 1.15. The lowest BCUT2D eigenvalue weighted by molar-refractivity contribution is -0.143. The molecule has 5 nitrogen and oxygen atoms in total. The van der Waals surface area contributed by atoms with Crippen LogP contribution in [0.2, 0.25) is 0 Å². The van der Waals surface area contributed by atoms with Gasteiger partial charge in [-0.1, -0.05) is 20.3 Å². The minimum Gasteiger partial charge on any atom is -0.466 e. The Labute approximate surface area is 96.7 Å². The van der Waals surface area contributed by atoms with Crippen molar-refractivity contribution >= 4 is 11.9 Å². The van der Waals surface area contributed by atoms with E-state index < -0.39 is 6.04 Å². The number of nitrogens with one attached hydrogen (secondary N) is 1. The first-order valence-electron chi connectivity index (χ1n) is 5.71. The van der Waals surface area contributed by atoms with Crippen LogP contribution in [-0.2, 0) is 14.3 Å². The van der Waals surface area contributed by atoms with Crippen LogP contribution in [0.5, 0.6) is 0 Å². The lowest BCUT2D eigenvalue weighted by atomic mass is 9.99. The molecule has 5 heteroatoms. The van der Waals surface area contributed by atoms with Gasteiger partial charge in [-0.3, -0.25) is 9.59 Å². The molecule has 0 aromatic carbocycles. The Kier molecular flexibility index (Phi) is 7.54. The van der Waals surface area contributed by atoms with Crippen LogP contribution >= 0.6 is 0 Å². The van der Waals surface area contributed by atoms with Gasteiger partial charge in [0.2, 0.25) is 5.91 Å². The summed E-state index contributed by atoms with van der Waals surface area (Å²) in [6.07, 6.45) is 1.04. The average Bonchev–Trinajstić information content (AvgIpc) is 2.27. The van der Waals surface area contributed by atoms with Gasteiger partial charge in [-0.15, -0.1) is 0 Å². The molecule has 0 heterocycles. The van der Waals surface area contributed by atoms with Crippen LogP contribution in [0.3, 0.4) is 0 Å². The maximum Gasteiger partial charge on any atom is 0.307 e. The van der Waals surface area contributed by atoms with Crippen LogP contribution in [0.25, 0.3) is 0 Å². The zero-order valence-electron chi connectivity index (χ0n) is 10.3. The Hall–Kier alpha value is -1.10. The zero-order valence-corrected chi connectivity index (χ0v) is 10.3. The van der Waals surface area contributed by atoms with E-state index in [1.165, 1.54) is 0 Å². The molecule has 0 radical (unpaired) electrons. The molecule has 0 saturated carbocycles. The van der Waals surface area contributed by atoms with Gasteiger partial charge in [0.15, 0.2) is 0 Å². The minimum absolute atomic E-state index is 0.141. The van der Waals surface area contributed by atoms with Gasteiger partial charge >= 0.3 is 5.97 Å². The summed E-state index contributed by atoms with van der Waals surface area (Å²) in [5, 5.41) is 2.62. The molecular formula is C11H22N2O3. The van der Waals surface area contributed by atoms with Crippen molar-refractivity contribution in [2.24, 2.45) is 11.7 Å². The van der Waals surface area contributed by atoms with E-state index in [1.807, 2.05) is 13.8 Å². The molecular weight excluding hydrogens is 208 g/mol. The Bertz CT molecular complexity index is 231. The van der Waals surface area contributed by atoms with E-state index in [1.54, 1.807) is 6.92 Å². The molecule has 0 aromatic rings. The normalized spacial score (nSPS) is 14.0. The van der Waals surface area contributed by atoms with Crippen molar-refractivity contribution in [2.45, 2.75) is 39.7 Å². The van der Waals surface area contributed by atoms with Crippen LogP contribution in [-0.4, -0.2) is 31.1 Å². The SMILES string of the molecule is CCOC(=O)CCNC(=O)[C@@H](N)[C@@H](C)CC. The van der Waals surface area contributed by atoms with Crippen LogP contribution in [0, 0.1) is 5.92 Å². The Morgan fingerprint density at radius 3 is 2.50 bits per heavy atom. The van der Waals surface area contributed by atoms with Crippen LogP contribution in [0.1, 0.15) is 33.6 Å². The molecule has 3 N–H and O–H groups in total. The summed E-state index contributed by atoms with van der Waals surface area (Å²) in [5.74, 6) is -0.374. The number of ether oxygens (including phenoxy) is 1. The van der Waals surface area contributed by atoms with Gasteiger partial charge in [-0.25, -0.2) is 0 Å². The molecule has 0 aliphatic rings. The van der Waals surface area contributed by atoms with E-state index in [4.69, 9.17) is 10.5 Å². The predicted octanol–water partition coefficient (Wildman–Crippen LogP) is 0.429. The third-order valence-corrected chi connectivity index (χ3v) is 2.49. The molecule has 0 spiro atoms. The van der Waals surface area contributed by atoms with Gasteiger partial charge < -0.3 is 15.8 Å². The Morgan fingerprint density at radius 2 is 2.00 bits per heavy atom. The number of hydrogen-bond acceptors (Lipinski definition) is 4. The molecule has 0 saturated heterocycles. The molecule has 0 unspecified atom stereocenters. The maximum atomic E-state index is 11.5. The lowest BCUT2D eigenvalue weighted by Gasteiger charge is -2.17. The van der Waals surface area contributed by atoms with Gasteiger partial charge in [-0.2, -0.15) is 0 Å². The Balaban J connectivity index is 3.77. The van der Waals surface area contributed by atoms with Gasteiger partial charge in [0, 0.05) is 6.54 Å². The molecule has 0 aromatic heterocycles. The van der Waals surface area contributed by atoms with E-state index in [-0.39, 0.29) is 30.8 Å². The van der Waals surface area contributed by atoms with E-state index in [9.17, 15) is 9.59 Å². The molecule has 2 atom stereocenters. The quantitative estimate of drug-likeness (QED) is 0.621. The maximum absolute atomic E-state index is 11.5. The van der Waals surface area contributed by atoms with Crippen LogP contribution < -0.4 is 11.1 Å². The van der Waals surface area contributed by atoms with Crippen LogP contribution in [0.4, 0.5) is 0 Å². The molecule has 16 heavy (non-hydrogen) atoms. The number of hydrogen-bond donors (Lipinski definition) is 2. The van der Waals surface area contributed by atoms with Gasteiger partial charge in [-0.05, 0) is 12.8 Å². The predicted molar refractivity (Wildman–Crippen MR) is 61.7 cm³/mol. The zero-order chi connectivity index (χ0) is 12.6. The Morgan fingerprint density at radius 1 is 1.38 bits per heavy atom. The van der Waals surface area contributed by atoms with Crippen LogP contribution in [0.15, 0.2) is 0 Å². The number of rotatable bonds is 7. The first kappa shape index (κ1) is 14.9. The summed E-state index contributed by atoms with van der Waals surface area (Å²) in [7, 11) is 0. The van der Waals surface area contributed by atoms with Crippen molar-refractivity contribution in [1.29, 1.82) is 0 Å². The number of esters is 1. The van der Waals surface area contributed by atoms with E-state index in [0.717, 1.165) is 6.42 Å². The van der Waals surface area contributed by atoms with Crippen molar-refractivity contribution in [3.63, 3.8) is 0 Å². The van der Waals surface area contributed by atoms with E-state index in [0.29, 0.717) is 6.61 Å². The van der Waals surface area contributed by atoms with Crippen molar-refractivity contribution in [3.8, 4) is 0 Å². The second-order valence-electron chi connectivity index (χ2n) is 3.76. The highest BCUT2D eigenvalue weighted by atomic mass is 16.5. The van der Waals surface area contributed by atoms with Gasteiger partial charge in [0.25, 0.3) is 0 Å². The first-order chi connectivity index (χ1) is 7.52. The standard InChI is InChI=1S/C11H22N2O3/c1-4-8(3)10(12)11(15)13-7-6-9(14)16-5-2/h8,10H,4-7,12H2,1-3H3,(H,13,15)/t8-,10-/m0/s1. The van der Waals surface area contributed by atoms with Crippen molar-refractivity contribution in [3.05, 3.63) is 0 Å². The highest BCUT2D eigenvalue weighted by Gasteiger charge is 2.18. The second-order valence-corrected chi connectivity index (χ2v) is 3.76. The largest absolute Gasteiger partial charge is 0.466 e. The molecule has 0 aliphatic carbocycles. The molecule has 94 valence electrons. The van der Waals surface area contributed by atoms with Gasteiger partial charge in [0.1, 0.15) is 0 Å². The number of carbonyl (C=O) groups excluding carboxylic acids is 2. The molecule has 0 bridgehead atoms. The fourth-order valence-electron chi connectivity index (χ4n) is 1.15. The van der Waals surface area contributed by atoms with Crippen molar-refractivity contribution in [1.82, 2.24) is 5.32 Å². The molecule has 0 aliphatic heterocycles. The van der Waals surface area contributed by atoms with E-state index in [2.05, 4.69) is 5.32 Å². The molecule has 0 rings (SSSR count). The lowest BCUT2D eigenvalue weighted by Crippen LogP contribution is -2.45. The highest BCUT2D eigenvalue weighted by molar-refractivity contribution is 5.82. The summed E-state index contributed by atoms with van der Waals surface area (Å²) in [5.41, 5.74) is 5.72. The number of nitrogens with two attached hydrogens (primary N) is 1. The second kappa shape index (κ2) is 8.10. The minimum atomic E-state index is -0.507. The smallest absolute Gasteiger partial charge is 0.307 e. The fraction of sp³-hybridized carbons (Fsp3) is 0.818. The summed E-state index contributed by atoms with van der Waals surface area (Å²) >= 11 is 0. The molecule has 0 fully saturated rings. The number of carbonyl (C=O) groups is 2. The van der Waals surface area contributed by atoms with Crippen molar-refractivity contribution in [2.75, 3.05) is 13.2 Å². The summed E-state index contributed by atoms with van der Waals surface area (Å²) in [4.78, 5) is 22.5.